The fraction of sp³-hybridized carbons (Fsp3) is 0.333. The maximum absolute atomic E-state index is 12.8. The van der Waals surface area contributed by atoms with Gasteiger partial charge in [0.1, 0.15) is 11.8 Å². The number of fused-ring (bicyclic) bond motifs is 1. The van der Waals surface area contributed by atoms with E-state index < -0.39 is 6.04 Å². The fourth-order valence-electron chi connectivity index (χ4n) is 2.95. The predicted octanol–water partition coefficient (Wildman–Crippen LogP) is 1.67. The number of hydrogen-bond donors (Lipinski definition) is 1. The molecular formula is C18H20N2O4. The van der Waals surface area contributed by atoms with E-state index in [0.29, 0.717) is 25.3 Å². The van der Waals surface area contributed by atoms with Gasteiger partial charge in [0.05, 0.1) is 25.8 Å². The Morgan fingerprint density at radius 3 is 2.92 bits per heavy atom. The molecule has 0 aliphatic carbocycles. The first-order chi connectivity index (χ1) is 11.7. The van der Waals surface area contributed by atoms with E-state index in [9.17, 15) is 9.59 Å². The summed E-state index contributed by atoms with van der Waals surface area (Å²) in [5, 5.41) is 2.86. The second-order valence-corrected chi connectivity index (χ2v) is 5.66. The zero-order chi connectivity index (χ0) is 16.9. The second kappa shape index (κ2) is 7.31. The van der Waals surface area contributed by atoms with Gasteiger partial charge in [0, 0.05) is 13.7 Å². The Kier molecular flexibility index (Phi) is 4.96. The molecule has 1 aromatic carbocycles. The lowest BCUT2D eigenvalue weighted by molar-refractivity contribution is -0.142. The third-order valence-corrected chi connectivity index (χ3v) is 4.12. The first-order valence-corrected chi connectivity index (χ1v) is 7.87. The van der Waals surface area contributed by atoms with Crippen LogP contribution in [0.1, 0.15) is 22.9 Å². The number of amides is 2. The minimum atomic E-state index is -0.646. The number of furan rings is 1. The molecule has 1 atom stereocenters. The first kappa shape index (κ1) is 16.3. The standard InChI is InChI=1S/C18H20N2O4/c1-23-10-8-20-16(21)11-13-5-2-3-7-15(13)17(20)18(22)19-12-14-6-4-9-24-14/h2-7,9,17H,8,10-12H2,1H3,(H,19,22). The monoisotopic (exact) mass is 328 g/mol. The number of nitrogens with zero attached hydrogens (tertiary/aromatic N) is 1. The van der Waals surface area contributed by atoms with E-state index in [1.54, 1.807) is 30.4 Å². The Hall–Kier alpha value is -2.60. The normalized spacial score (nSPS) is 16.8. The number of hydrogen-bond acceptors (Lipinski definition) is 4. The van der Waals surface area contributed by atoms with E-state index in [0.717, 1.165) is 11.1 Å². The third-order valence-electron chi connectivity index (χ3n) is 4.12. The number of benzene rings is 1. The summed E-state index contributed by atoms with van der Waals surface area (Å²) < 4.78 is 10.3. The molecule has 0 saturated heterocycles. The van der Waals surface area contributed by atoms with E-state index in [2.05, 4.69) is 5.32 Å². The molecule has 0 saturated carbocycles. The highest BCUT2D eigenvalue weighted by Crippen LogP contribution is 2.30. The average Bonchev–Trinajstić information content (AvgIpc) is 3.11. The molecule has 1 N–H and O–H groups in total. The number of ether oxygens (including phenoxy) is 1. The van der Waals surface area contributed by atoms with Crippen LogP contribution in [-0.2, 0) is 27.3 Å². The number of carbonyl (C=O) groups is 2. The maximum Gasteiger partial charge on any atom is 0.247 e. The molecule has 1 aliphatic rings. The highest BCUT2D eigenvalue weighted by atomic mass is 16.5. The topological polar surface area (TPSA) is 71.8 Å². The summed E-state index contributed by atoms with van der Waals surface area (Å²) in [5.74, 6) is 0.383. The Morgan fingerprint density at radius 2 is 2.17 bits per heavy atom. The van der Waals surface area contributed by atoms with Gasteiger partial charge in [-0.05, 0) is 23.3 Å². The van der Waals surface area contributed by atoms with Crippen molar-refractivity contribution in [3.63, 3.8) is 0 Å². The molecule has 2 heterocycles. The van der Waals surface area contributed by atoms with Crippen molar-refractivity contribution in [2.45, 2.75) is 19.0 Å². The van der Waals surface area contributed by atoms with E-state index >= 15 is 0 Å². The molecule has 2 amide bonds. The Labute approximate surface area is 140 Å². The van der Waals surface area contributed by atoms with Gasteiger partial charge in [0.15, 0.2) is 0 Å². The van der Waals surface area contributed by atoms with Gasteiger partial charge in [-0.2, -0.15) is 0 Å². The average molecular weight is 328 g/mol. The minimum Gasteiger partial charge on any atom is -0.467 e. The molecule has 2 aromatic rings. The molecule has 3 rings (SSSR count). The van der Waals surface area contributed by atoms with Crippen LogP contribution in [0.2, 0.25) is 0 Å². The number of nitrogens with one attached hydrogen (secondary N) is 1. The van der Waals surface area contributed by atoms with Crippen molar-refractivity contribution in [3.05, 3.63) is 59.5 Å². The molecule has 6 heteroatoms. The van der Waals surface area contributed by atoms with Crippen molar-refractivity contribution in [1.82, 2.24) is 10.2 Å². The molecule has 1 aromatic heterocycles. The van der Waals surface area contributed by atoms with Gasteiger partial charge in [-0.15, -0.1) is 0 Å². The number of carbonyl (C=O) groups excluding carboxylic acids is 2. The van der Waals surface area contributed by atoms with Crippen LogP contribution in [0.25, 0.3) is 0 Å². The van der Waals surface area contributed by atoms with Crippen molar-refractivity contribution in [2.75, 3.05) is 20.3 Å². The van der Waals surface area contributed by atoms with Crippen molar-refractivity contribution >= 4 is 11.8 Å². The molecule has 6 nitrogen and oxygen atoms in total. The molecule has 0 bridgehead atoms. The first-order valence-electron chi connectivity index (χ1n) is 7.87. The Bertz CT molecular complexity index is 712. The Morgan fingerprint density at radius 1 is 1.33 bits per heavy atom. The van der Waals surface area contributed by atoms with Crippen LogP contribution in [0, 0.1) is 0 Å². The maximum atomic E-state index is 12.8. The Balaban J connectivity index is 1.84. The van der Waals surface area contributed by atoms with E-state index in [1.165, 1.54) is 0 Å². The molecule has 1 aliphatic heterocycles. The van der Waals surface area contributed by atoms with Gasteiger partial charge >= 0.3 is 0 Å². The summed E-state index contributed by atoms with van der Waals surface area (Å²) in [6.45, 7) is 1.05. The van der Waals surface area contributed by atoms with Gasteiger partial charge in [-0.25, -0.2) is 0 Å². The van der Waals surface area contributed by atoms with Crippen LogP contribution in [0.5, 0.6) is 0 Å². The van der Waals surface area contributed by atoms with Crippen LogP contribution in [0.4, 0.5) is 0 Å². The van der Waals surface area contributed by atoms with Crippen molar-refractivity contribution in [3.8, 4) is 0 Å². The van der Waals surface area contributed by atoms with Gasteiger partial charge in [0.2, 0.25) is 11.8 Å². The smallest absolute Gasteiger partial charge is 0.247 e. The van der Waals surface area contributed by atoms with Crippen molar-refractivity contribution in [1.29, 1.82) is 0 Å². The molecule has 24 heavy (non-hydrogen) atoms. The number of methoxy groups -OCH3 is 1. The summed E-state index contributed by atoms with van der Waals surface area (Å²) in [7, 11) is 1.58. The van der Waals surface area contributed by atoms with Gasteiger partial charge in [-0.1, -0.05) is 24.3 Å². The van der Waals surface area contributed by atoms with E-state index in [4.69, 9.17) is 9.15 Å². The summed E-state index contributed by atoms with van der Waals surface area (Å²) in [5.41, 5.74) is 1.76. The molecular weight excluding hydrogens is 308 g/mol. The second-order valence-electron chi connectivity index (χ2n) is 5.66. The van der Waals surface area contributed by atoms with Crippen LogP contribution in [0.3, 0.4) is 0 Å². The highest BCUT2D eigenvalue weighted by Gasteiger charge is 2.36. The van der Waals surface area contributed by atoms with Gasteiger partial charge < -0.3 is 19.4 Å². The lowest BCUT2D eigenvalue weighted by Gasteiger charge is -2.36. The molecule has 126 valence electrons. The van der Waals surface area contributed by atoms with Crippen LogP contribution < -0.4 is 5.32 Å². The fourth-order valence-corrected chi connectivity index (χ4v) is 2.95. The largest absolute Gasteiger partial charge is 0.467 e. The third kappa shape index (κ3) is 3.33. The summed E-state index contributed by atoms with van der Waals surface area (Å²) in [6.07, 6.45) is 1.87. The number of rotatable bonds is 6. The zero-order valence-electron chi connectivity index (χ0n) is 13.5. The lowest BCUT2D eigenvalue weighted by Crippen LogP contribution is -2.48. The van der Waals surface area contributed by atoms with Crippen molar-refractivity contribution in [2.24, 2.45) is 0 Å². The van der Waals surface area contributed by atoms with E-state index in [1.807, 2.05) is 24.3 Å². The van der Waals surface area contributed by atoms with Crippen LogP contribution >= 0.6 is 0 Å². The molecule has 0 fully saturated rings. The molecule has 0 radical (unpaired) electrons. The summed E-state index contributed by atoms with van der Waals surface area (Å²) in [4.78, 5) is 26.9. The quantitative estimate of drug-likeness (QED) is 0.875. The molecule has 0 spiro atoms. The van der Waals surface area contributed by atoms with Gasteiger partial charge in [0.25, 0.3) is 0 Å². The summed E-state index contributed by atoms with van der Waals surface area (Å²) >= 11 is 0. The van der Waals surface area contributed by atoms with Crippen LogP contribution in [-0.4, -0.2) is 37.0 Å². The van der Waals surface area contributed by atoms with E-state index in [-0.39, 0.29) is 18.4 Å². The lowest BCUT2D eigenvalue weighted by atomic mass is 9.91. The summed E-state index contributed by atoms with van der Waals surface area (Å²) in [6, 6.07) is 10.5. The predicted molar refractivity (Wildman–Crippen MR) is 87.0 cm³/mol. The zero-order valence-corrected chi connectivity index (χ0v) is 13.5. The molecule has 1 unspecified atom stereocenters. The van der Waals surface area contributed by atoms with Gasteiger partial charge in [-0.3, -0.25) is 9.59 Å². The highest BCUT2D eigenvalue weighted by molar-refractivity contribution is 5.92. The van der Waals surface area contributed by atoms with Crippen molar-refractivity contribution < 1.29 is 18.7 Å². The SMILES string of the molecule is COCCN1C(=O)Cc2ccccc2C1C(=O)NCc1ccco1. The van der Waals surface area contributed by atoms with Crippen LogP contribution in [0.15, 0.2) is 47.1 Å². The minimum absolute atomic E-state index is 0.0658.